The monoisotopic (exact) mass is 286 g/mol. The van der Waals surface area contributed by atoms with Gasteiger partial charge < -0.3 is 20.1 Å². The molecule has 6 heteroatoms. The van der Waals surface area contributed by atoms with Crippen LogP contribution in [0.5, 0.6) is 0 Å². The molecule has 0 radical (unpaired) electrons. The van der Waals surface area contributed by atoms with Gasteiger partial charge in [-0.1, -0.05) is 20.3 Å². The van der Waals surface area contributed by atoms with Crippen molar-refractivity contribution in [3.8, 4) is 0 Å². The van der Waals surface area contributed by atoms with E-state index >= 15 is 0 Å². The maximum absolute atomic E-state index is 12.4. The van der Waals surface area contributed by atoms with E-state index in [0.29, 0.717) is 19.6 Å². The van der Waals surface area contributed by atoms with Crippen molar-refractivity contribution in [1.29, 1.82) is 0 Å². The van der Waals surface area contributed by atoms with Gasteiger partial charge in [0, 0.05) is 25.6 Å². The van der Waals surface area contributed by atoms with Crippen LogP contribution < -0.4 is 5.32 Å². The van der Waals surface area contributed by atoms with Crippen LogP contribution >= 0.6 is 0 Å². The molecule has 2 N–H and O–H groups in total. The van der Waals surface area contributed by atoms with Gasteiger partial charge in [-0.05, 0) is 19.8 Å². The second-order valence-electron chi connectivity index (χ2n) is 5.42. The standard InChI is InChI=1S/C14H26N2O4/c1-4-6-8-16(11(3)5-2)13(19)15-14(12(17)18)7-9-20-10-14/h11H,4-10H2,1-3H3,(H,15,19)(H,17,18). The minimum atomic E-state index is -1.27. The van der Waals surface area contributed by atoms with Gasteiger partial charge in [0.2, 0.25) is 0 Å². The number of carboxylic acid groups (broad SMARTS) is 1. The zero-order valence-electron chi connectivity index (χ0n) is 12.6. The minimum absolute atomic E-state index is 0.0379. The number of hydrogen-bond donors (Lipinski definition) is 2. The van der Waals surface area contributed by atoms with Crippen LogP contribution in [0.25, 0.3) is 0 Å². The topological polar surface area (TPSA) is 78.9 Å². The third-order valence-electron chi connectivity index (χ3n) is 3.91. The van der Waals surface area contributed by atoms with Crippen LogP contribution in [0.15, 0.2) is 0 Å². The molecule has 1 rings (SSSR count). The molecule has 116 valence electrons. The number of urea groups is 1. The number of aliphatic carboxylic acids is 1. The highest BCUT2D eigenvalue weighted by Crippen LogP contribution is 2.20. The molecule has 1 aliphatic heterocycles. The van der Waals surface area contributed by atoms with Crippen molar-refractivity contribution in [3.05, 3.63) is 0 Å². The van der Waals surface area contributed by atoms with E-state index in [0.717, 1.165) is 19.3 Å². The quantitative estimate of drug-likeness (QED) is 0.748. The summed E-state index contributed by atoms with van der Waals surface area (Å²) >= 11 is 0. The van der Waals surface area contributed by atoms with Crippen LogP contribution in [-0.2, 0) is 9.53 Å². The van der Waals surface area contributed by atoms with Gasteiger partial charge in [0.15, 0.2) is 5.54 Å². The first-order valence-electron chi connectivity index (χ1n) is 7.36. The Kier molecular flexibility index (Phi) is 6.26. The van der Waals surface area contributed by atoms with Crippen molar-refractivity contribution in [3.63, 3.8) is 0 Å². The Hall–Kier alpha value is -1.30. The Morgan fingerprint density at radius 2 is 2.15 bits per heavy atom. The van der Waals surface area contributed by atoms with Crippen molar-refractivity contribution >= 4 is 12.0 Å². The number of unbranched alkanes of at least 4 members (excludes halogenated alkanes) is 1. The van der Waals surface area contributed by atoms with E-state index in [1.54, 1.807) is 4.90 Å². The first-order chi connectivity index (χ1) is 9.46. The van der Waals surface area contributed by atoms with Gasteiger partial charge in [0.25, 0.3) is 0 Å². The largest absolute Gasteiger partial charge is 0.479 e. The highest BCUT2D eigenvalue weighted by molar-refractivity contribution is 5.86. The summed E-state index contributed by atoms with van der Waals surface area (Å²) in [6.45, 7) is 7.11. The summed E-state index contributed by atoms with van der Waals surface area (Å²) in [7, 11) is 0. The lowest BCUT2D eigenvalue weighted by molar-refractivity contribution is -0.144. The number of carbonyl (C=O) groups excluding carboxylic acids is 1. The molecule has 0 aromatic carbocycles. The number of nitrogens with one attached hydrogen (secondary N) is 1. The van der Waals surface area contributed by atoms with Crippen molar-refractivity contribution in [2.75, 3.05) is 19.8 Å². The molecule has 2 unspecified atom stereocenters. The molecular formula is C14H26N2O4. The number of ether oxygens (including phenoxy) is 1. The molecule has 0 aromatic rings. The fourth-order valence-corrected chi connectivity index (χ4v) is 2.23. The predicted octanol–water partition coefficient (Wildman–Crippen LogP) is 1.84. The van der Waals surface area contributed by atoms with Crippen LogP contribution in [-0.4, -0.2) is 53.3 Å². The third-order valence-corrected chi connectivity index (χ3v) is 3.91. The number of rotatable bonds is 7. The Labute approximate surface area is 120 Å². The number of nitrogens with zero attached hydrogens (tertiary/aromatic N) is 1. The molecule has 0 bridgehead atoms. The van der Waals surface area contributed by atoms with Crippen LogP contribution in [0.1, 0.15) is 46.5 Å². The van der Waals surface area contributed by atoms with Crippen molar-refractivity contribution in [2.24, 2.45) is 0 Å². The van der Waals surface area contributed by atoms with E-state index in [4.69, 9.17) is 4.74 Å². The summed E-state index contributed by atoms with van der Waals surface area (Å²) in [5.74, 6) is -1.03. The first-order valence-corrected chi connectivity index (χ1v) is 7.36. The van der Waals surface area contributed by atoms with Crippen LogP contribution in [0.3, 0.4) is 0 Å². The lowest BCUT2D eigenvalue weighted by Crippen LogP contribution is -2.59. The van der Waals surface area contributed by atoms with Gasteiger partial charge in [-0.15, -0.1) is 0 Å². The van der Waals surface area contributed by atoms with Crippen molar-refractivity contribution < 1.29 is 19.4 Å². The van der Waals surface area contributed by atoms with E-state index in [2.05, 4.69) is 12.2 Å². The molecule has 1 fully saturated rings. The fourth-order valence-electron chi connectivity index (χ4n) is 2.23. The van der Waals surface area contributed by atoms with Crippen LogP contribution in [0, 0.1) is 0 Å². The minimum Gasteiger partial charge on any atom is -0.479 e. The van der Waals surface area contributed by atoms with Crippen LogP contribution in [0.2, 0.25) is 0 Å². The smallest absolute Gasteiger partial charge is 0.332 e. The SMILES string of the molecule is CCCCN(C(=O)NC1(C(=O)O)CCOC1)C(C)CC. The highest BCUT2D eigenvalue weighted by Gasteiger charge is 2.44. The average molecular weight is 286 g/mol. The highest BCUT2D eigenvalue weighted by atomic mass is 16.5. The van der Waals surface area contributed by atoms with E-state index < -0.39 is 11.5 Å². The lowest BCUT2D eigenvalue weighted by Gasteiger charge is -2.33. The molecule has 0 spiro atoms. The maximum Gasteiger partial charge on any atom is 0.332 e. The third kappa shape index (κ3) is 3.85. The van der Waals surface area contributed by atoms with E-state index in [1.807, 2.05) is 13.8 Å². The van der Waals surface area contributed by atoms with Crippen molar-refractivity contribution in [2.45, 2.75) is 58.0 Å². The van der Waals surface area contributed by atoms with Crippen LogP contribution in [0.4, 0.5) is 4.79 Å². The fraction of sp³-hybridized carbons (Fsp3) is 0.857. The molecule has 1 saturated heterocycles. The molecule has 0 aliphatic carbocycles. The molecule has 2 atom stereocenters. The molecule has 1 aliphatic rings. The Bertz CT molecular complexity index is 340. The van der Waals surface area contributed by atoms with Gasteiger partial charge in [-0.25, -0.2) is 9.59 Å². The van der Waals surface area contributed by atoms with Gasteiger partial charge in [0.1, 0.15) is 0 Å². The lowest BCUT2D eigenvalue weighted by atomic mass is 9.99. The molecule has 1 heterocycles. The molecule has 0 aromatic heterocycles. The summed E-state index contributed by atoms with van der Waals surface area (Å²) < 4.78 is 5.16. The molecule has 20 heavy (non-hydrogen) atoms. The number of carboxylic acids is 1. The molecule has 2 amide bonds. The summed E-state index contributed by atoms with van der Waals surface area (Å²) in [6.07, 6.45) is 3.06. The van der Waals surface area contributed by atoms with Gasteiger partial charge in [-0.2, -0.15) is 0 Å². The molecule has 0 saturated carbocycles. The first kappa shape index (κ1) is 16.8. The summed E-state index contributed by atoms with van der Waals surface area (Å²) in [5, 5.41) is 12.0. The maximum atomic E-state index is 12.4. The van der Waals surface area contributed by atoms with Crippen molar-refractivity contribution in [1.82, 2.24) is 10.2 Å². The van der Waals surface area contributed by atoms with E-state index in [9.17, 15) is 14.7 Å². The van der Waals surface area contributed by atoms with E-state index in [1.165, 1.54) is 0 Å². The Balaban J connectivity index is 2.75. The normalized spacial score (nSPS) is 23.4. The van der Waals surface area contributed by atoms with Gasteiger partial charge in [0.05, 0.1) is 6.61 Å². The van der Waals surface area contributed by atoms with Gasteiger partial charge >= 0.3 is 12.0 Å². The zero-order valence-corrected chi connectivity index (χ0v) is 12.6. The van der Waals surface area contributed by atoms with Gasteiger partial charge in [-0.3, -0.25) is 0 Å². The zero-order chi connectivity index (χ0) is 15.2. The Morgan fingerprint density at radius 1 is 1.45 bits per heavy atom. The van der Waals surface area contributed by atoms with E-state index in [-0.39, 0.29) is 18.7 Å². The number of hydrogen-bond acceptors (Lipinski definition) is 3. The Morgan fingerprint density at radius 3 is 2.60 bits per heavy atom. The predicted molar refractivity (Wildman–Crippen MR) is 75.7 cm³/mol. The summed E-state index contributed by atoms with van der Waals surface area (Å²) in [6, 6.07) is -0.213. The number of amides is 2. The summed E-state index contributed by atoms with van der Waals surface area (Å²) in [4.78, 5) is 25.6. The average Bonchev–Trinajstić information content (AvgIpc) is 2.88. The molecule has 6 nitrogen and oxygen atoms in total. The number of carbonyl (C=O) groups is 2. The second-order valence-corrected chi connectivity index (χ2v) is 5.42. The molecular weight excluding hydrogens is 260 g/mol. The second kappa shape index (κ2) is 7.47. The summed E-state index contributed by atoms with van der Waals surface area (Å²) in [5.41, 5.74) is -1.27.